The van der Waals surface area contributed by atoms with Crippen LogP contribution < -0.4 is 5.32 Å². The summed E-state index contributed by atoms with van der Waals surface area (Å²) in [7, 11) is 0. The molecule has 1 aromatic carbocycles. The van der Waals surface area contributed by atoms with Crippen LogP contribution in [0.5, 0.6) is 0 Å². The SMILES string of the molecule is Sc1c(SC2CNC2)ccc(-c2cncnc2)c1-c1nn[nH]n1. The largest absolute Gasteiger partial charge is 0.314 e. The van der Waals surface area contributed by atoms with Crippen molar-refractivity contribution in [1.82, 2.24) is 35.9 Å². The second-order valence-electron chi connectivity index (χ2n) is 5.10. The van der Waals surface area contributed by atoms with E-state index in [-0.39, 0.29) is 0 Å². The average molecular weight is 343 g/mol. The average Bonchev–Trinajstić information content (AvgIpc) is 3.06. The molecule has 0 aliphatic carbocycles. The Labute approximate surface area is 142 Å². The van der Waals surface area contributed by atoms with Gasteiger partial charge in [0.2, 0.25) is 5.82 Å². The fraction of sp³-hybridized carbons (Fsp3) is 0.214. The predicted molar refractivity (Wildman–Crippen MR) is 90.4 cm³/mol. The van der Waals surface area contributed by atoms with Gasteiger partial charge in [0.05, 0.1) is 0 Å². The van der Waals surface area contributed by atoms with E-state index in [4.69, 9.17) is 12.6 Å². The molecule has 2 N–H and O–H groups in total. The van der Waals surface area contributed by atoms with Gasteiger partial charge in [0.15, 0.2) is 0 Å². The van der Waals surface area contributed by atoms with Crippen molar-refractivity contribution in [2.75, 3.05) is 13.1 Å². The van der Waals surface area contributed by atoms with Gasteiger partial charge in [-0.15, -0.1) is 34.6 Å². The summed E-state index contributed by atoms with van der Waals surface area (Å²) in [6.45, 7) is 2.04. The van der Waals surface area contributed by atoms with Gasteiger partial charge in [-0.25, -0.2) is 9.97 Å². The third-order valence-corrected chi connectivity index (χ3v) is 5.50. The number of H-pyrrole nitrogens is 1. The molecule has 0 bridgehead atoms. The number of thioether (sulfide) groups is 1. The molecule has 0 spiro atoms. The maximum atomic E-state index is 4.75. The normalized spacial score (nSPS) is 14.7. The van der Waals surface area contributed by atoms with Gasteiger partial charge in [-0.05, 0) is 16.8 Å². The lowest BCUT2D eigenvalue weighted by Gasteiger charge is -2.27. The smallest absolute Gasteiger partial charge is 0.206 e. The Morgan fingerprint density at radius 2 is 2.00 bits per heavy atom. The summed E-state index contributed by atoms with van der Waals surface area (Å²) in [5.41, 5.74) is 2.67. The summed E-state index contributed by atoms with van der Waals surface area (Å²) in [5.74, 6) is 0.517. The van der Waals surface area contributed by atoms with Gasteiger partial charge in [0.25, 0.3) is 0 Å². The zero-order valence-corrected chi connectivity index (χ0v) is 13.7. The van der Waals surface area contributed by atoms with E-state index in [1.165, 1.54) is 6.33 Å². The van der Waals surface area contributed by atoms with Crippen LogP contribution >= 0.6 is 24.4 Å². The Hall–Kier alpha value is -1.97. The second-order valence-corrected chi connectivity index (χ2v) is 6.88. The summed E-state index contributed by atoms with van der Waals surface area (Å²) in [4.78, 5) is 10.1. The molecule has 3 aromatic rings. The number of hydrogen-bond acceptors (Lipinski definition) is 8. The van der Waals surface area contributed by atoms with Gasteiger partial charge in [-0.3, -0.25) is 0 Å². The number of aromatic nitrogens is 6. The Morgan fingerprint density at radius 3 is 2.65 bits per heavy atom. The highest BCUT2D eigenvalue weighted by Gasteiger charge is 2.22. The third-order valence-electron chi connectivity index (χ3n) is 3.62. The molecule has 0 unspecified atom stereocenters. The van der Waals surface area contributed by atoms with Crippen molar-refractivity contribution in [3.63, 3.8) is 0 Å². The first-order valence-corrected chi connectivity index (χ1v) is 8.38. The Kier molecular flexibility index (Phi) is 3.98. The maximum absolute atomic E-state index is 4.75. The summed E-state index contributed by atoms with van der Waals surface area (Å²) in [6, 6.07) is 4.12. The summed E-state index contributed by atoms with van der Waals surface area (Å²) < 4.78 is 0. The number of nitrogens with one attached hydrogen (secondary N) is 2. The monoisotopic (exact) mass is 343 g/mol. The quantitative estimate of drug-likeness (QED) is 0.621. The van der Waals surface area contributed by atoms with Crippen molar-refractivity contribution >= 4 is 24.4 Å². The van der Waals surface area contributed by atoms with E-state index in [0.29, 0.717) is 11.1 Å². The fourth-order valence-electron chi connectivity index (χ4n) is 2.37. The van der Waals surface area contributed by atoms with Crippen LogP contribution in [0, 0.1) is 0 Å². The van der Waals surface area contributed by atoms with Crippen LogP contribution in [0.3, 0.4) is 0 Å². The van der Waals surface area contributed by atoms with E-state index in [9.17, 15) is 0 Å². The maximum Gasteiger partial charge on any atom is 0.206 e. The molecule has 1 aliphatic heterocycles. The molecule has 2 aromatic heterocycles. The van der Waals surface area contributed by atoms with Crippen LogP contribution in [-0.4, -0.2) is 48.9 Å². The standard InChI is InChI=1S/C14H13N7S2/c22-13-11(23-9-5-15-6-9)2-1-10(8-3-16-7-17-4-8)12(13)14-18-20-21-19-14/h1-4,7,9,15,22H,5-6H2,(H,18,19,20,21). The molecule has 116 valence electrons. The molecule has 4 rings (SSSR count). The van der Waals surface area contributed by atoms with E-state index in [1.807, 2.05) is 17.8 Å². The summed E-state index contributed by atoms with van der Waals surface area (Å²) >= 11 is 6.57. The summed E-state index contributed by atoms with van der Waals surface area (Å²) in [6.07, 6.45) is 5.04. The first kappa shape index (κ1) is 14.6. The predicted octanol–water partition coefficient (Wildman–Crippen LogP) is 1.68. The number of aromatic amines is 1. The summed E-state index contributed by atoms with van der Waals surface area (Å²) in [5, 5.41) is 18.3. The molecule has 7 nitrogen and oxygen atoms in total. The first-order chi connectivity index (χ1) is 11.3. The van der Waals surface area contributed by atoms with Crippen molar-refractivity contribution in [1.29, 1.82) is 0 Å². The molecular formula is C14H13N7S2. The second kappa shape index (κ2) is 6.26. The van der Waals surface area contributed by atoms with Gasteiger partial charge < -0.3 is 5.32 Å². The molecule has 0 saturated carbocycles. The minimum absolute atomic E-state index is 0.517. The van der Waals surface area contributed by atoms with E-state index in [1.54, 1.807) is 12.4 Å². The van der Waals surface area contributed by atoms with Gasteiger partial charge in [-0.1, -0.05) is 6.07 Å². The molecule has 0 atom stereocenters. The van der Waals surface area contributed by atoms with Crippen LogP contribution in [-0.2, 0) is 0 Å². The van der Waals surface area contributed by atoms with Crippen molar-refractivity contribution in [3.8, 4) is 22.5 Å². The minimum Gasteiger partial charge on any atom is -0.314 e. The zero-order valence-electron chi connectivity index (χ0n) is 12.0. The van der Waals surface area contributed by atoms with Crippen LogP contribution in [0.15, 0.2) is 40.6 Å². The van der Waals surface area contributed by atoms with Crippen molar-refractivity contribution < 1.29 is 0 Å². The minimum atomic E-state index is 0.517. The highest BCUT2D eigenvalue weighted by Crippen LogP contribution is 2.41. The molecule has 23 heavy (non-hydrogen) atoms. The van der Waals surface area contributed by atoms with Crippen LogP contribution in [0.25, 0.3) is 22.5 Å². The molecule has 3 heterocycles. The number of benzene rings is 1. The van der Waals surface area contributed by atoms with E-state index < -0.39 is 0 Å². The van der Waals surface area contributed by atoms with Crippen molar-refractivity contribution in [2.24, 2.45) is 0 Å². The van der Waals surface area contributed by atoms with Crippen molar-refractivity contribution in [3.05, 3.63) is 30.9 Å². The molecular weight excluding hydrogens is 330 g/mol. The number of tetrazole rings is 1. The number of nitrogens with zero attached hydrogens (tertiary/aromatic N) is 5. The van der Waals surface area contributed by atoms with Gasteiger partial charge >= 0.3 is 0 Å². The molecule has 1 saturated heterocycles. The Morgan fingerprint density at radius 1 is 1.17 bits per heavy atom. The molecule has 0 amide bonds. The zero-order chi connectivity index (χ0) is 15.6. The van der Waals surface area contributed by atoms with E-state index in [2.05, 4.69) is 42.0 Å². The molecule has 9 heteroatoms. The highest BCUT2D eigenvalue weighted by molar-refractivity contribution is 8.00. The van der Waals surface area contributed by atoms with Gasteiger partial charge in [0.1, 0.15) is 6.33 Å². The number of thiol groups is 1. The Balaban J connectivity index is 1.84. The van der Waals surface area contributed by atoms with Gasteiger partial charge in [-0.2, -0.15) is 5.21 Å². The van der Waals surface area contributed by atoms with E-state index >= 15 is 0 Å². The molecule has 0 radical (unpaired) electrons. The van der Waals surface area contributed by atoms with Crippen LogP contribution in [0.1, 0.15) is 0 Å². The lowest BCUT2D eigenvalue weighted by molar-refractivity contribution is 0.543. The van der Waals surface area contributed by atoms with Gasteiger partial charge in [0, 0.05) is 51.7 Å². The number of hydrogen-bond donors (Lipinski definition) is 3. The first-order valence-electron chi connectivity index (χ1n) is 7.05. The fourth-order valence-corrected chi connectivity index (χ4v) is 3.94. The van der Waals surface area contributed by atoms with Crippen LogP contribution in [0.4, 0.5) is 0 Å². The van der Waals surface area contributed by atoms with Crippen molar-refractivity contribution in [2.45, 2.75) is 15.0 Å². The van der Waals surface area contributed by atoms with E-state index in [0.717, 1.165) is 39.6 Å². The lowest BCUT2D eigenvalue weighted by atomic mass is 10.0. The Bertz CT molecular complexity index is 804. The molecule has 1 aliphatic rings. The topological polar surface area (TPSA) is 92.3 Å². The lowest BCUT2D eigenvalue weighted by Crippen LogP contribution is -2.44. The number of rotatable bonds is 4. The van der Waals surface area contributed by atoms with Crippen LogP contribution in [0.2, 0.25) is 0 Å². The highest BCUT2D eigenvalue weighted by atomic mass is 32.2. The molecule has 1 fully saturated rings. The third kappa shape index (κ3) is 2.82.